The van der Waals surface area contributed by atoms with Crippen LogP contribution < -0.4 is 5.56 Å². The molecule has 0 amide bonds. The Morgan fingerprint density at radius 1 is 1.20 bits per heavy atom. The monoisotopic (exact) mass is 353 g/mol. The molecule has 7 nitrogen and oxygen atoms in total. The number of benzene rings is 1. The molecule has 0 atom stereocenters. The molecule has 4 rings (SSSR count). The van der Waals surface area contributed by atoms with Crippen molar-refractivity contribution < 1.29 is 14.1 Å². The minimum atomic E-state index is -0.645. The number of fused-ring (bicyclic) bond motifs is 1. The zero-order valence-electron chi connectivity index (χ0n) is 12.8. The van der Waals surface area contributed by atoms with Gasteiger partial charge in [-0.2, -0.15) is 5.10 Å². The second kappa shape index (κ2) is 6.33. The largest absolute Gasteiger partial charge is 0.454 e. The minimum absolute atomic E-state index is 0.0527. The molecule has 0 fully saturated rings. The van der Waals surface area contributed by atoms with Gasteiger partial charge < -0.3 is 9.26 Å². The molecule has 0 aliphatic carbocycles. The standard InChI is InChI=1S/C17H11N3O4S/c21-16-12-5-2-1-4-11(12)15(18-19-16)17(22)23-9-10-8-13(24-20-10)14-6-3-7-25-14/h1-8H,9H2,(H,19,21). The highest BCUT2D eigenvalue weighted by molar-refractivity contribution is 7.13. The average Bonchev–Trinajstić information content (AvgIpc) is 3.32. The van der Waals surface area contributed by atoms with Crippen molar-refractivity contribution in [3.8, 4) is 10.6 Å². The lowest BCUT2D eigenvalue weighted by Gasteiger charge is -2.04. The van der Waals surface area contributed by atoms with Crippen LogP contribution in [-0.2, 0) is 11.3 Å². The van der Waals surface area contributed by atoms with Crippen molar-refractivity contribution in [1.29, 1.82) is 0 Å². The second-order valence-electron chi connectivity index (χ2n) is 5.18. The van der Waals surface area contributed by atoms with Crippen LogP contribution in [0.2, 0.25) is 0 Å². The summed E-state index contributed by atoms with van der Waals surface area (Å²) in [7, 11) is 0. The zero-order chi connectivity index (χ0) is 17.2. The quantitative estimate of drug-likeness (QED) is 0.566. The van der Waals surface area contributed by atoms with Crippen molar-refractivity contribution in [3.05, 3.63) is 69.6 Å². The number of carbonyl (C=O) groups excluding carboxylic acids is 1. The van der Waals surface area contributed by atoms with Crippen molar-refractivity contribution in [1.82, 2.24) is 15.4 Å². The van der Waals surface area contributed by atoms with Crippen molar-refractivity contribution >= 4 is 28.1 Å². The van der Waals surface area contributed by atoms with Crippen LogP contribution in [-0.4, -0.2) is 21.3 Å². The first-order chi connectivity index (χ1) is 12.2. The lowest BCUT2D eigenvalue weighted by molar-refractivity contribution is 0.0458. The Hall–Kier alpha value is -3.26. The van der Waals surface area contributed by atoms with Gasteiger partial charge in [-0.25, -0.2) is 9.89 Å². The van der Waals surface area contributed by atoms with E-state index in [4.69, 9.17) is 9.26 Å². The predicted octanol–water partition coefficient (Wildman–Crippen LogP) is 3.00. The molecular formula is C17H11N3O4S. The first-order valence-corrected chi connectivity index (χ1v) is 8.24. The predicted molar refractivity (Wildman–Crippen MR) is 91.3 cm³/mol. The molecule has 25 heavy (non-hydrogen) atoms. The number of ether oxygens (including phenoxy) is 1. The normalized spacial score (nSPS) is 10.9. The number of thiophene rings is 1. The molecule has 3 aromatic heterocycles. The van der Waals surface area contributed by atoms with Gasteiger partial charge in [-0.15, -0.1) is 11.3 Å². The van der Waals surface area contributed by atoms with E-state index >= 15 is 0 Å². The summed E-state index contributed by atoms with van der Waals surface area (Å²) in [6.45, 7) is -0.0527. The average molecular weight is 353 g/mol. The summed E-state index contributed by atoms with van der Waals surface area (Å²) in [5.74, 6) is -0.0261. The van der Waals surface area contributed by atoms with Crippen LogP contribution >= 0.6 is 11.3 Å². The van der Waals surface area contributed by atoms with Gasteiger partial charge in [0.25, 0.3) is 5.56 Å². The Morgan fingerprint density at radius 2 is 2.04 bits per heavy atom. The summed E-state index contributed by atoms with van der Waals surface area (Å²) >= 11 is 1.53. The molecule has 0 unspecified atom stereocenters. The van der Waals surface area contributed by atoms with E-state index in [-0.39, 0.29) is 17.9 Å². The van der Waals surface area contributed by atoms with Gasteiger partial charge in [-0.1, -0.05) is 29.4 Å². The molecule has 0 aliphatic heterocycles. The van der Waals surface area contributed by atoms with Gasteiger partial charge in [-0.05, 0) is 17.5 Å². The summed E-state index contributed by atoms with van der Waals surface area (Å²) < 4.78 is 10.5. The Labute approximate surface area is 144 Å². The summed E-state index contributed by atoms with van der Waals surface area (Å²) in [4.78, 5) is 25.0. The van der Waals surface area contributed by atoms with Gasteiger partial charge in [0.05, 0.1) is 10.3 Å². The number of rotatable bonds is 4. The van der Waals surface area contributed by atoms with Crippen molar-refractivity contribution in [2.75, 3.05) is 0 Å². The van der Waals surface area contributed by atoms with Gasteiger partial charge in [0.2, 0.25) is 0 Å². The SMILES string of the molecule is O=C(OCc1cc(-c2cccs2)on1)c1n[nH]c(=O)c2ccccc12. The molecule has 0 radical (unpaired) electrons. The molecule has 4 aromatic rings. The van der Waals surface area contributed by atoms with Crippen LogP contribution in [0.5, 0.6) is 0 Å². The first kappa shape index (κ1) is 15.3. The Morgan fingerprint density at radius 3 is 2.84 bits per heavy atom. The molecule has 0 saturated heterocycles. The number of nitrogens with one attached hydrogen (secondary N) is 1. The van der Waals surface area contributed by atoms with Crippen molar-refractivity contribution in [2.45, 2.75) is 6.61 Å². The molecule has 8 heteroatoms. The molecule has 0 aliphatic rings. The fraction of sp³-hybridized carbons (Fsp3) is 0.0588. The molecule has 0 saturated carbocycles. The summed E-state index contributed by atoms with van der Waals surface area (Å²) in [5, 5.41) is 12.8. The maximum atomic E-state index is 12.3. The van der Waals surface area contributed by atoms with Gasteiger partial charge in [-0.3, -0.25) is 4.79 Å². The Kier molecular flexibility index (Phi) is 3.87. The fourth-order valence-corrected chi connectivity index (χ4v) is 3.07. The molecule has 3 heterocycles. The third-order valence-corrected chi connectivity index (χ3v) is 4.45. The summed E-state index contributed by atoms with van der Waals surface area (Å²) in [5.41, 5.74) is 0.187. The summed E-state index contributed by atoms with van der Waals surface area (Å²) in [6.07, 6.45) is 0. The molecular weight excluding hydrogens is 342 g/mol. The van der Waals surface area contributed by atoms with Gasteiger partial charge in [0.1, 0.15) is 12.3 Å². The number of aromatic nitrogens is 3. The maximum Gasteiger partial charge on any atom is 0.359 e. The van der Waals surface area contributed by atoms with E-state index in [0.717, 1.165) is 4.88 Å². The van der Waals surface area contributed by atoms with Crippen LogP contribution in [0.3, 0.4) is 0 Å². The van der Waals surface area contributed by atoms with Crippen molar-refractivity contribution in [3.63, 3.8) is 0 Å². The van der Waals surface area contributed by atoms with Gasteiger partial charge in [0.15, 0.2) is 11.5 Å². The van der Waals surface area contributed by atoms with E-state index in [9.17, 15) is 9.59 Å². The third kappa shape index (κ3) is 2.94. The lowest BCUT2D eigenvalue weighted by Crippen LogP contribution is -2.16. The summed E-state index contributed by atoms with van der Waals surface area (Å²) in [6, 6.07) is 12.3. The van der Waals surface area contributed by atoms with Crippen LogP contribution in [0.1, 0.15) is 16.2 Å². The van der Waals surface area contributed by atoms with Crippen molar-refractivity contribution in [2.24, 2.45) is 0 Å². The van der Waals surface area contributed by atoms with Crippen LogP contribution in [0.25, 0.3) is 21.4 Å². The fourth-order valence-electron chi connectivity index (χ4n) is 2.39. The van der Waals surface area contributed by atoms with E-state index in [0.29, 0.717) is 22.2 Å². The number of nitrogens with zero attached hydrogens (tertiary/aromatic N) is 2. The molecule has 0 spiro atoms. The Bertz CT molecular complexity index is 1100. The molecule has 124 valence electrons. The van der Waals surface area contributed by atoms with E-state index in [2.05, 4.69) is 15.4 Å². The molecule has 1 aromatic carbocycles. The Balaban J connectivity index is 1.54. The van der Waals surface area contributed by atoms with E-state index in [1.165, 1.54) is 11.3 Å². The van der Waals surface area contributed by atoms with Gasteiger partial charge >= 0.3 is 5.97 Å². The molecule has 0 bridgehead atoms. The van der Waals surface area contributed by atoms with Gasteiger partial charge in [0, 0.05) is 11.5 Å². The zero-order valence-corrected chi connectivity index (χ0v) is 13.6. The lowest BCUT2D eigenvalue weighted by atomic mass is 10.1. The number of hydrogen-bond acceptors (Lipinski definition) is 7. The number of carbonyl (C=O) groups is 1. The second-order valence-corrected chi connectivity index (χ2v) is 6.13. The number of H-pyrrole nitrogens is 1. The number of aromatic amines is 1. The highest BCUT2D eigenvalue weighted by Crippen LogP contribution is 2.25. The molecule has 1 N–H and O–H groups in total. The third-order valence-electron chi connectivity index (χ3n) is 3.56. The topological polar surface area (TPSA) is 98.1 Å². The highest BCUT2D eigenvalue weighted by atomic mass is 32.1. The van der Waals surface area contributed by atoms with Crippen LogP contribution in [0, 0.1) is 0 Å². The van der Waals surface area contributed by atoms with Crippen LogP contribution in [0.4, 0.5) is 0 Å². The van der Waals surface area contributed by atoms with Crippen LogP contribution in [0.15, 0.2) is 57.2 Å². The van der Waals surface area contributed by atoms with E-state index in [1.807, 2.05) is 17.5 Å². The first-order valence-electron chi connectivity index (χ1n) is 7.36. The number of hydrogen-bond donors (Lipinski definition) is 1. The number of esters is 1. The maximum absolute atomic E-state index is 12.3. The van der Waals surface area contributed by atoms with E-state index < -0.39 is 5.97 Å². The van der Waals surface area contributed by atoms with E-state index in [1.54, 1.807) is 30.3 Å². The minimum Gasteiger partial charge on any atom is -0.454 e. The smallest absolute Gasteiger partial charge is 0.359 e. The highest BCUT2D eigenvalue weighted by Gasteiger charge is 2.16.